The Balaban J connectivity index is 1.89. The van der Waals surface area contributed by atoms with Crippen LogP contribution in [0.2, 0.25) is 0 Å². The molecule has 29 heavy (non-hydrogen) atoms. The van der Waals surface area contributed by atoms with Gasteiger partial charge in [0.15, 0.2) is 6.10 Å². The van der Waals surface area contributed by atoms with Crippen molar-refractivity contribution in [2.75, 3.05) is 0 Å². The fourth-order valence-electron chi connectivity index (χ4n) is 3.07. The number of aromatic nitrogens is 3. The fourth-order valence-corrected chi connectivity index (χ4v) is 3.07. The van der Waals surface area contributed by atoms with Crippen LogP contribution in [0.1, 0.15) is 21.6 Å². The molecule has 0 aliphatic carbocycles. The lowest BCUT2D eigenvalue weighted by molar-refractivity contribution is -0.127. The Morgan fingerprint density at radius 3 is 2.55 bits per heavy atom. The van der Waals surface area contributed by atoms with E-state index in [9.17, 15) is 14.7 Å². The van der Waals surface area contributed by atoms with Gasteiger partial charge in [-0.2, -0.15) is 5.10 Å². The summed E-state index contributed by atoms with van der Waals surface area (Å²) in [5.41, 5.74) is 8.20. The Labute approximate surface area is 168 Å². The maximum atomic E-state index is 13.0. The first-order valence-electron chi connectivity index (χ1n) is 9.15. The van der Waals surface area contributed by atoms with E-state index in [1.807, 2.05) is 49.4 Å². The molecule has 2 heterocycles. The number of nitrogens with zero attached hydrogens (tertiary/aromatic N) is 3. The zero-order valence-electron chi connectivity index (χ0n) is 16.2. The van der Waals surface area contributed by atoms with Crippen LogP contribution in [0.25, 0.3) is 11.4 Å². The van der Waals surface area contributed by atoms with Crippen molar-refractivity contribution in [3.05, 3.63) is 71.5 Å². The number of nitrogens with two attached hydrogens (primary N) is 1. The maximum Gasteiger partial charge on any atom is 0.255 e. The zero-order chi connectivity index (χ0) is 21.0. The van der Waals surface area contributed by atoms with Gasteiger partial charge in [0.2, 0.25) is 5.91 Å². The van der Waals surface area contributed by atoms with Gasteiger partial charge in [0.05, 0.1) is 17.3 Å². The van der Waals surface area contributed by atoms with Gasteiger partial charge in [0.1, 0.15) is 5.69 Å². The third-order valence-corrected chi connectivity index (χ3v) is 4.49. The summed E-state index contributed by atoms with van der Waals surface area (Å²) in [5, 5.41) is 17.3. The summed E-state index contributed by atoms with van der Waals surface area (Å²) in [6, 6.07) is 13.8. The number of aliphatic hydroxyl groups is 1. The van der Waals surface area contributed by atoms with E-state index in [0.717, 1.165) is 11.3 Å². The number of nitrogens with one attached hydrogen (secondary N) is 1. The molecule has 4 N–H and O–H groups in total. The normalized spacial score (nSPS) is 12.9. The van der Waals surface area contributed by atoms with Crippen LogP contribution in [0.4, 0.5) is 0 Å². The highest BCUT2D eigenvalue weighted by molar-refractivity contribution is 6.00. The molecule has 150 valence electrons. The highest BCUT2D eigenvalue weighted by Gasteiger charge is 2.28. The van der Waals surface area contributed by atoms with Crippen LogP contribution in [0.15, 0.2) is 54.7 Å². The van der Waals surface area contributed by atoms with E-state index >= 15 is 0 Å². The molecule has 2 atom stereocenters. The molecule has 0 bridgehead atoms. The number of pyridine rings is 1. The molecule has 0 fully saturated rings. The van der Waals surface area contributed by atoms with E-state index in [4.69, 9.17) is 5.73 Å². The highest BCUT2D eigenvalue weighted by Crippen LogP contribution is 2.20. The van der Waals surface area contributed by atoms with Crippen LogP contribution >= 0.6 is 0 Å². The van der Waals surface area contributed by atoms with Crippen molar-refractivity contribution in [3.8, 4) is 11.4 Å². The number of amides is 2. The van der Waals surface area contributed by atoms with Gasteiger partial charge in [-0.05, 0) is 31.0 Å². The molecule has 1 aromatic carbocycles. The topological polar surface area (TPSA) is 123 Å². The second kappa shape index (κ2) is 8.66. The van der Waals surface area contributed by atoms with E-state index in [2.05, 4.69) is 15.4 Å². The molecule has 0 saturated carbocycles. The summed E-state index contributed by atoms with van der Waals surface area (Å²) < 4.78 is 1.52. The molecule has 8 heteroatoms. The standard InChI is InChI=1S/C21H23N5O3/c1-13-7-6-10-16(23-13)18-15(12-26(2)25-18)21(29)24-17(19(27)20(22)28)11-14-8-4-3-5-9-14/h3-10,12,17,19,27H,11H2,1-2H3,(H2,22,28)(H,24,29). The molecule has 2 amide bonds. The van der Waals surface area contributed by atoms with Gasteiger partial charge in [0.25, 0.3) is 5.91 Å². The lowest BCUT2D eigenvalue weighted by Gasteiger charge is -2.22. The molecule has 2 aromatic heterocycles. The number of carbonyl (C=O) groups excluding carboxylic acids is 2. The predicted octanol–water partition coefficient (Wildman–Crippen LogP) is 0.978. The van der Waals surface area contributed by atoms with E-state index < -0.39 is 24.0 Å². The summed E-state index contributed by atoms with van der Waals surface area (Å²) in [6.07, 6.45) is 0.288. The number of hydrogen-bond donors (Lipinski definition) is 3. The smallest absolute Gasteiger partial charge is 0.255 e. The van der Waals surface area contributed by atoms with E-state index in [0.29, 0.717) is 17.0 Å². The Hall–Kier alpha value is -3.52. The third kappa shape index (κ3) is 4.85. The molecule has 0 radical (unpaired) electrons. The second-order valence-corrected chi connectivity index (χ2v) is 6.85. The molecular weight excluding hydrogens is 370 g/mol. The Kier molecular flexibility index (Phi) is 6.04. The second-order valence-electron chi connectivity index (χ2n) is 6.85. The summed E-state index contributed by atoms with van der Waals surface area (Å²) in [4.78, 5) is 29.0. The zero-order valence-corrected chi connectivity index (χ0v) is 16.2. The van der Waals surface area contributed by atoms with Crippen LogP contribution in [0.5, 0.6) is 0 Å². The monoisotopic (exact) mass is 393 g/mol. The van der Waals surface area contributed by atoms with Crippen LogP contribution in [-0.4, -0.2) is 43.8 Å². The van der Waals surface area contributed by atoms with Crippen molar-refractivity contribution >= 4 is 11.8 Å². The Bertz CT molecular complexity index is 1020. The van der Waals surface area contributed by atoms with Gasteiger partial charge in [-0.25, -0.2) is 0 Å². The van der Waals surface area contributed by atoms with Crippen molar-refractivity contribution in [2.24, 2.45) is 12.8 Å². The lowest BCUT2D eigenvalue weighted by Crippen LogP contribution is -2.50. The summed E-state index contributed by atoms with van der Waals surface area (Å²) in [7, 11) is 1.70. The molecule has 0 spiro atoms. The number of carbonyl (C=O) groups is 2. The highest BCUT2D eigenvalue weighted by atomic mass is 16.3. The largest absolute Gasteiger partial charge is 0.381 e. The molecule has 3 aromatic rings. The average molecular weight is 393 g/mol. The predicted molar refractivity (Wildman–Crippen MR) is 108 cm³/mol. The van der Waals surface area contributed by atoms with Crippen LogP contribution < -0.4 is 11.1 Å². The Morgan fingerprint density at radius 1 is 1.17 bits per heavy atom. The average Bonchev–Trinajstić information content (AvgIpc) is 3.09. The first-order valence-corrected chi connectivity index (χ1v) is 9.15. The summed E-state index contributed by atoms with van der Waals surface area (Å²) in [5.74, 6) is -1.38. The van der Waals surface area contributed by atoms with Crippen LogP contribution in [0.3, 0.4) is 0 Å². The van der Waals surface area contributed by atoms with E-state index in [-0.39, 0.29) is 6.42 Å². The first kappa shape index (κ1) is 20.2. The summed E-state index contributed by atoms with van der Waals surface area (Å²) in [6.45, 7) is 1.85. The van der Waals surface area contributed by atoms with E-state index in [1.54, 1.807) is 19.3 Å². The minimum Gasteiger partial charge on any atom is -0.381 e. The Morgan fingerprint density at radius 2 is 1.90 bits per heavy atom. The third-order valence-electron chi connectivity index (χ3n) is 4.49. The molecule has 3 rings (SSSR count). The van der Waals surface area contributed by atoms with Crippen molar-refractivity contribution in [1.82, 2.24) is 20.1 Å². The van der Waals surface area contributed by atoms with Crippen molar-refractivity contribution < 1.29 is 14.7 Å². The quantitative estimate of drug-likeness (QED) is 0.552. The maximum absolute atomic E-state index is 13.0. The van der Waals surface area contributed by atoms with Gasteiger partial charge in [0, 0.05) is 18.9 Å². The number of hydrogen-bond acceptors (Lipinski definition) is 5. The molecular formula is C21H23N5O3. The van der Waals surface area contributed by atoms with E-state index in [1.165, 1.54) is 4.68 Å². The van der Waals surface area contributed by atoms with Gasteiger partial charge in [-0.1, -0.05) is 36.4 Å². The van der Waals surface area contributed by atoms with Crippen molar-refractivity contribution in [3.63, 3.8) is 0 Å². The molecule has 0 aliphatic heterocycles. The van der Waals surface area contributed by atoms with Crippen LogP contribution in [0, 0.1) is 6.92 Å². The lowest BCUT2D eigenvalue weighted by atomic mass is 10.00. The number of benzene rings is 1. The minimum absolute atomic E-state index is 0.245. The fraction of sp³-hybridized carbons (Fsp3) is 0.238. The van der Waals surface area contributed by atoms with Crippen LogP contribution in [-0.2, 0) is 18.3 Å². The van der Waals surface area contributed by atoms with Crippen molar-refractivity contribution in [1.29, 1.82) is 0 Å². The number of aliphatic hydroxyl groups excluding tert-OH is 1. The molecule has 0 saturated heterocycles. The first-order chi connectivity index (χ1) is 13.8. The van der Waals surface area contributed by atoms with Gasteiger partial charge < -0.3 is 16.2 Å². The van der Waals surface area contributed by atoms with Gasteiger partial charge in [-0.3, -0.25) is 19.3 Å². The molecule has 2 unspecified atom stereocenters. The van der Waals surface area contributed by atoms with Gasteiger partial charge >= 0.3 is 0 Å². The number of rotatable bonds is 7. The molecule has 0 aliphatic rings. The number of primary amides is 1. The molecule has 8 nitrogen and oxygen atoms in total. The van der Waals surface area contributed by atoms with Crippen molar-refractivity contribution in [2.45, 2.75) is 25.5 Å². The number of aryl methyl sites for hydroxylation is 2. The minimum atomic E-state index is -1.53. The summed E-state index contributed by atoms with van der Waals surface area (Å²) >= 11 is 0. The van der Waals surface area contributed by atoms with Gasteiger partial charge in [-0.15, -0.1) is 0 Å². The SMILES string of the molecule is Cc1cccc(-c2nn(C)cc2C(=O)NC(Cc2ccccc2)C(O)C(N)=O)n1.